The largest absolute Gasteiger partial charge is 0.334 e. The second-order valence-electron chi connectivity index (χ2n) is 6.12. The number of thiophene rings is 1. The predicted octanol–water partition coefficient (Wildman–Crippen LogP) is 1.83. The number of aromatic nitrogens is 1. The van der Waals surface area contributed by atoms with Gasteiger partial charge in [0.05, 0.1) is 36.8 Å². The van der Waals surface area contributed by atoms with Crippen LogP contribution in [0.4, 0.5) is 5.13 Å². The van der Waals surface area contributed by atoms with Crippen molar-refractivity contribution in [3.8, 4) is 0 Å². The van der Waals surface area contributed by atoms with E-state index in [2.05, 4.69) is 24.1 Å². The molecule has 2 aromatic heterocycles. The second kappa shape index (κ2) is 9.80. The molecule has 0 radical (unpaired) electrons. The van der Waals surface area contributed by atoms with Crippen molar-refractivity contribution in [1.29, 1.82) is 0 Å². The van der Waals surface area contributed by atoms with Crippen molar-refractivity contribution in [1.82, 2.24) is 9.88 Å². The van der Waals surface area contributed by atoms with Crippen LogP contribution in [0, 0.1) is 13.8 Å². The molecule has 26 heavy (non-hydrogen) atoms. The average Bonchev–Trinajstić information content (AvgIpc) is 3.24. The Balaban J connectivity index is 2.04. The van der Waals surface area contributed by atoms with E-state index in [0.29, 0.717) is 16.6 Å². The molecule has 2 N–H and O–H groups in total. The van der Waals surface area contributed by atoms with Crippen molar-refractivity contribution in [3.05, 3.63) is 33.0 Å². The zero-order chi connectivity index (χ0) is 19.1. The van der Waals surface area contributed by atoms with E-state index in [4.69, 9.17) is 0 Å². The van der Waals surface area contributed by atoms with Crippen LogP contribution in [0.2, 0.25) is 0 Å². The van der Waals surface area contributed by atoms with Gasteiger partial charge in [0.25, 0.3) is 5.91 Å². The number of hydrogen-bond donors (Lipinski definition) is 2. The SMILES string of the molecule is CC[NH+](CC)CCN(CC(=O)Nc1nc(C)c(C)s1)C(=O)c1cccs1. The minimum Gasteiger partial charge on any atom is -0.334 e. The third-order valence-corrected chi connectivity index (χ3v) is 6.21. The van der Waals surface area contributed by atoms with E-state index in [1.165, 1.54) is 27.6 Å². The molecule has 0 saturated heterocycles. The van der Waals surface area contributed by atoms with Crippen molar-refractivity contribution >= 4 is 39.6 Å². The molecule has 0 aliphatic rings. The molecule has 0 spiro atoms. The summed E-state index contributed by atoms with van der Waals surface area (Å²) in [6.07, 6.45) is 0. The zero-order valence-electron chi connectivity index (χ0n) is 15.8. The minimum atomic E-state index is -0.210. The van der Waals surface area contributed by atoms with Gasteiger partial charge in [0.1, 0.15) is 6.54 Å². The summed E-state index contributed by atoms with van der Waals surface area (Å²) in [7, 11) is 0. The summed E-state index contributed by atoms with van der Waals surface area (Å²) in [5.41, 5.74) is 0.918. The average molecular weight is 396 g/mol. The number of nitrogens with zero attached hydrogens (tertiary/aromatic N) is 2. The van der Waals surface area contributed by atoms with Gasteiger partial charge in [-0.05, 0) is 39.1 Å². The molecular weight excluding hydrogens is 368 g/mol. The van der Waals surface area contributed by atoms with Gasteiger partial charge in [0.2, 0.25) is 5.91 Å². The summed E-state index contributed by atoms with van der Waals surface area (Å²) in [6.45, 7) is 11.6. The summed E-state index contributed by atoms with van der Waals surface area (Å²) < 4.78 is 0. The van der Waals surface area contributed by atoms with Gasteiger partial charge in [-0.25, -0.2) is 4.98 Å². The maximum atomic E-state index is 12.8. The maximum Gasteiger partial charge on any atom is 0.264 e. The molecule has 142 valence electrons. The minimum absolute atomic E-state index is 0.0368. The summed E-state index contributed by atoms with van der Waals surface area (Å²) in [6, 6.07) is 3.66. The zero-order valence-corrected chi connectivity index (χ0v) is 17.4. The van der Waals surface area contributed by atoms with Crippen LogP contribution in [0.3, 0.4) is 0 Å². The van der Waals surface area contributed by atoms with E-state index in [1.807, 2.05) is 25.3 Å². The van der Waals surface area contributed by atoms with Gasteiger partial charge < -0.3 is 15.1 Å². The lowest BCUT2D eigenvalue weighted by atomic mass is 10.3. The molecule has 8 heteroatoms. The Labute approximate surface area is 162 Å². The van der Waals surface area contributed by atoms with Crippen molar-refractivity contribution in [2.24, 2.45) is 0 Å². The summed E-state index contributed by atoms with van der Waals surface area (Å²) in [5, 5.41) is 5.28. The Kier molecular flexibility index (Phi) is 7.74. The number of aryl methyl sites for hydroxylation is 2. The van der Waals surface area contributed by atoms with E-state index in [1.54, 1.807) is 11.0 Å². The fourth-order valence-electron chi connectivity index (χ4n) is 2.56. The van der Waals surface area contributed by atoms with Gasteiger partial charge in [0.15, 0.2) is 5.13 Å². The molecule has 0 aromatic carbocycles. The van der Waals surface area contributed by atoms with Crippen molar-refractivity contribution in [2.45, 2.75) is 27.7 Å². The molecule has 2 aromatic rings. The first-order valence-electron chi connectivity index (χ1n) is 8.84. The molecule has 2 amide bonds. The number of quaternary nitrogens is 1. The lowest BCUT2D eigenvalue weighted by molar-refractivity contribution is -0.895. The first-order chi connectivity index (χ1) is 12.4. The smallest absolute Gasteiger partial charge is 0.264 e. The Morgan fingerprint density at radius 1 is 1.27 bits per heavy atom. The highest BCUT2D eigenvalue weighted by molar-refractivity contribution is 7.15. The molecule has 0 saturated carbocycles. The fourth-order valence-corrected chi connectivity index (χ4v) is 4.09. The highest BCUT2D eigenvalue weighted by Gasteiger charge is 2.21. The molecule has 0 atom stereocenters. The number of hydrogen-bond acceptors (Lipinski definition) is 5. The molecule has 0 fully saturated rings. The van der Waals surface area contributed by atoms with Crippen molar-refractivity contribution in [2.75, 3.05) is 38.0 Å². The second-order valence-corrected chi connectivity index (χ2v) is 8.27. The molecule has 0 aliphatic heterocycles. The molecule has 0 aliphatic carbocycles. The van der Waals surface area contributed by atoms with Crippen molar-refractivity contribution < 1.29 is 14.5 Å². The third kappa shape index (κ3) is 5.62. The van der Waals surface area contributed by atoms with Crippen LogP contribution in [0.5, 0.6) is 0 Å². The van der Waals surface area contributed by atoms with Crippen LogP contribution in [-0.4, -0.2) is 54.4 Å². The number of rotatable bonds is 9. The highest BCUT2D eigenvalue weighted by Crippen LogP contribution is 2.21. The van der Waals surface area contributed by atoms with Gasteiger partial charge in [-0.1, -0.05) is 6.07 Å². The third-order valence-electron chi connectivity index (χ3n) is 4.36. The number of carbonyl (C=O) groups excluding carboxylic acids is 2. The monoisotopic (exact) mass is 395 g/mol. The van der Waals surface area contributed by atoms with E-state index in [0.717, 1.165) is 30.2 Å². The van der Waals surface area contributed by atoms with Crippen LogP contribution in [0.25, 0.3) is 0 Å². The number of nitrogens with one attached hydrogen (secondary N) is 2. The molecular formula is C18H27N4O2S2+. The van der Waals surface area contributed by atoms with Crippen molar-refractivity contribution in [3.63, 3.8) is 0 Å². The fraction of sp³-hybridized carbons (Fsp3) is 0.500. The Bertz CT molecular complexity index is 704. The van der Waals surface area contributed by atoms with E-state index >= 15 is 0 Å². The van der Waals surface area contributed by atoms with Crippen LogP contribution in [-0.2, 0) is 4.79 Å². The highest BCUT2D eigenvalue weighted by atomic mass is 32.1. The molecule has 2 rings (SSSR count). The Morgan fingerprint density at radius 2 is 2.00 bits per heavy atom. The van der Waals surface area contributed by atoms with E-state index in [-0.39, 0.29) is 18.4 Å². The summed E-state index contributed by atoms with van der Waals surface area (Å²) in [4.78, 5) is 34.4. The Hall–Kier alpha value is -1.77. The number of likely N-dealkylation sites (N-methyl/N-ethyl adjacent to an activating group) is 1. The maximum absolute atomic E-state index is 12.8. The number of anilines is 1. The topological polar surface area (TPSA) is 66.7 Å². The van der Waals surface area contributed by atoms with E-state index in [9.17, 15) is 9.59 Å². The van der Waals surface area contributed by atoms with Crippen LogP contribution < -0.4 is 10.2 Å². The normalized spacial score (nSPS) is 11.0. The molecule has 2 heterocycles. The van der Waals surface area contributed by atoms with Crippen LogP contribution >= 0.6 is 22.7 Å². The van der Waals surface area contributed by atoms with Gasteiger partial charge in [-0.15, -0.1) is 22.7 Å². The number of thiazole rings is 1. The standard InChI is InChI=1S/C18H26N4O2S2/c1-5-21(6-2)9-10-22(17(24)15-8-7-11-25-15)12-16(23)20-18-19-13(3)14(4)26-18/h7-8,11H,5-6,9-10,12H2,1-4H3,(H,19,20,23)/p+1. The quantitative estimate of drug-likeness (QED) is 0.681. The first kappa shape index (κ1) is 20.5. The molecule has 0 unspecified atom stereocenters. The summed E-state index contributed by atoms with van der Waals surface area (Å²) >= 11 is 2.85. The lowest BCUT2D eigenvalue weighted by Crippen LogP contribution is -3.12. The summed E-state index contributed by atoms with van der Waals surface area (Å²) in [5.74, 6) is -0.300. The number of amides is 2. The molecule has 6 nitrogen and oxygen atoms in total. The lowest BCUT2D eigenvalue weighted by Gasteiger charge is -2.24. The van der Waals surface area contributed by atoms with E-state index < -0.39 is 0 Å². The molecule has 0 bridgehead atoms. The van der Waals surface area contributed by atoms with Gasteiger partial charge >= 0.3 is 0 Å². The van der Waals surface area contributed by atoms with Gasteiger partial charge in [-0.3, -0.25) is 9.59 Å². The number of carbonyl (C=O) groups is 2. The first-order valence-corrected chi connectivity index (χ1v) is 10.5. The van der Waals surface area contributed by atoms with Crippen LogP contribution in [0.15, 0.2) is 17.5 Å². The van der Waals surface area contributed by atoms with Crippen LogP contribution in [0.1, 0.15) is 34.1 Å². The van der Waals surface area contributed by atoms with Gasteiger partial charge in [0, 0.05) is 4.88 Å². The predicted molar refractivity (Wildman–Crippen MR) is 107 cm³/mol. The van der Waals surface area contributed by atoms with Gasteiger partial charge in [-0.2, -0.15) is 0 Å². The Morgan fingerprint density at radius 3 is 2.54 bits per heavy atom.